The lowest BCUT2D eigenvalue weighted by atomic mass is 9.98. The molecular formula is C14H17NO3. The van der Waals surface area contributed by atoms with Crippen LogP contribution < -0.4 is 4.90 Å². The van der Waals surface area contributed by atoms with Gasteiger partial charge in [-0.1, -0.05) is 12.1 Å². The van der Waals surface area contributed by atoms with Crippen LogP contribution in [0.1, 0.15) is 30.4 Å². The predicted molar refractivity (Wildman–Crippen MR) is 68.7 cm³/mol. The highest BCUT2D eigenvalue weighted by Gasteiger charge is 2.34. The van der Waals surface area contributed by atoms with Crippen molar-refractivity contribution in [2.24, 2.45) is 0 Å². The molecule has 2 rings (SSSR count). The summed E-state index contributed by atoms with van der Waals surface area (Å²) in [6, 6.07) is 4.91. The van der Waals surface area contributed by atoms with E-state index in [4.69, 9.17) is 0 Å². The van der Waals surface area contributed by atoms with Crippen LogP contribution in [0.4, 0.5) is 5.69 Å². The summed E-state index contributed by atoms with van der Waals surface area (Å²) in [5.74, 6) is -1.02. The molecule has 1 aromatic rings. The molecule has 4 nitrogen and oxygen atoms in total. The minimum atomic E-state index is -0.927. The van der Waals surface area contributed by atoms with Gasteiger partial charge in [-0.05, 0) is 43.9 Å². The van der Waals surface area contributed by atoms with Crippen molar-refractivity contribution in [1.29, 1.82) is 0 Å². The molecule has 1 amide bonds. The van der Waals surface area contributed by atoms with E-state index in [1.165, 1.54) is 4.90 Å². The van der Waals surface area contributed by atoms with Crippen molar-refractivity contribution in [3.63, 3.8) is 0 Å². The monoisotopic (exact) mass is 247 g/mol. The second kappa shape index (κ2) is 4.80. The zero-order valence-electron chi connectivity index (χ0n) is 10.6. The SMILES string of the molecule is Cc1cccc(N2C(=O)CCCC2C(=O)O)c1C. The van der Waals surface area contributed by atoms with Crippen molar-refractivity contribution >= 4 is 17.6 Å². The van der Waals surface area contributed by atoms with Crippen molar-refractivity contribution in [1.82, 2.24) is 0 Å². The van der Waals surface area contributed by atoms with Gasteiger partial charge >= 0.3 is 5.97 Å². The van der Waals surface area contributed by atoms with Gasteiger partial charge in [-0.25, -0.2) is 4.79 Å². The van der Waals surface area contributed by atoms with E-state index in [9.17, 15) is 14.7 Å². The highest BCUT2D eigenvalue weighted by molar-refractivity contribution is 6.00. The Morgan fingerprint density at radius 1 is 1.39 bits per heavy atom. The van der Waals surface area contributed by atoms with Gasteiger partial charge < -0.3 is 5.11 Å². The summed E-state index contributed by atoms with van der Waals surface area (Å²) in [6.07, 6.45) is 1.60. The molecule has 1 heterocycles. The number of benzene rings is 1. The number of aliphatic carboxylic acids is 1. The van der Waals surface area contributed by atoms with E-state index in [2.05, 4.69) is 0 Å². The minimum absolute atomic E-state index is 0.0950. The van der Waals surface area contributed by atoms with Crippen LogP contribution in [0.15, 0.2) is 18.2 Å². The topological polar surface area (TPSA) is 57.6 Å². The molecule has 4 heteroatoms. The summed E-state index contributed by atoms with van der Waals surface area (Å²) < 4.78 is 0. The van der Waals surface area contributed by atoms with Crippen LogP contribution in [0, 0.1) is 13.8 Å². The second-order valence-corrected chi connectivity index (χ2v) is 4.73. The Morgan fingerprint density at radius 3 is 2.78 bits per heavy atom. The van der Waals surface area contributed by atoms with Gasteiger partial charge in [-0.2, -0.15) is 0 Å². The molecule has 1 unspecified atom stereocenters. The first-order chi connectivity index (χ1) is 8.52. The largest absolute Gasteiger partial charge is 0.480 e. The average molecular weight is 247 g/mol. The first-order valence-electron chi connectivity index (χ1n) is 6.13. The number of anilines is 1. The number of carbonyl (C=O) groups is 2. The number of carbonyl (C=O) groups excluding carboxylic acids is 1. The van der Waals surface area contributed by atoms with E-state index < -0.39 is 12.0 Å². The number of carboxylic acids is 1. The number of nitrogens with zero attached hydrogens (tertiary/aromatic N) is 1. The van der Waals surface area contributed by atoms with Crippen molar-refractivity contribution < 1.29 is 14.7 Å². The molecule has 0 saturated carbocycles. The molecular weight excluding hydrogens is 230 g/mol. The van der Waals surface area contributed by atoms with Crippen LogP contribution in [0.5, 0.6) is 0 Å². The van der Waals surface area contributed by atoms with Gasteiger partial charge in [-0.15, -0.1) is 0 Å². The first-order valence-corrected chi connectivity index (χ1v) is 6.13. The van der Waals surface area contributed by atoms with Gasteiger partial charge in [0.25, 0.3) is 0 Å². The molecule has 0 radical (unpaired) electrons. The second-order valence-electron chi connectivity index (χ2n) is 4.73. The summed E-state index contributed by atoms with van der Waals surface area (Å²) in [4.78, 5) is 24.8. The molecule has 0 bridgehead atoms. The van der Waals surface area contributed by atoms with E-state index in [1.807, 2.05) is 32.0 Å². The van der Waals surface area contributed by atoms with Crippen molar-refractivity contribution in [2.75, 3.05) is 4.90 Å². The van der Waals surface area contributed by atoms with Crippen LogP contribution in [0.25, 0.3) is 0 Å². The van der Waals surface area contributed by atoms with Crippen LogP contribution in [-0.2, 0) is 9.59 Å². The van der Waals surface area contributed by atoms with E-state index in [0.717, 1.165) is 16.8 Å². The Morgan fingerprint density at radius 2 is 2.11 bits per heavy atom. The maximum atomic E-state index is 12.0. The summed E-state index contributed by atoms with van der Waals surface area (Å²) >= 11 is 0. The molecule has 1 saturated heterocycles. The Hall–Kier alpha value is -1.84. The maximum absolute atomic E-state index is 12.0. The Labute approximate surface area is 106 Å². The zero-order chi connectivity index (χ0) is 13.3. The van der Waals surface area contributed by atoms with Crippen LogP contribution in [0.2, 0.25) is 0 Å². The fourth-order valence-electron chi connectivity index (χ4n) is 2.40. The fourth-order valence-corrected chi connectivity index (χ4v) is 2.40. The average Bonchev–Trinajstić information content (AvgIpc) is 2.33. The van der Waals surface area contributed by atoms with Gasteiger partial charge in [0.2, 0.25) is 5.91 Å². The third-order valence-corrected chi connectivity index (χ3v) is 3.57. The van der Waals surface area contributed by atoms with Gasteiger partial charge in [-0.3, -0.25) is 9.69 Å². The molecule has 18 heavy (non-hydrogen) atoms. The molecule has 0 aromatic heterocycles. The number of hydrogen-bond acceptors (Lipinski definition) is 2. The molecule has 1 aliphatic rings. The van der Waals surface area contributed by atoms with Crippen molar-refractivity contribution in [3.05, 3.63) is 29.3 Å². The molecule has 1 fully saturated rings. The van der Waals surface area contributed by atoms with E-state index in [-0.39, 0.29) is 5.91 Å². The van der Waals surface area contributed by atoms with Crippen molar-refractivity contribution in [3.8, 4) is 0 Å². The van der Waals surface area contributed by atoms with E-state index in [1.54, 1.807) is 0 Å². The Balaban J connectivity index is 2.47. The summed E-state index contributed by atoms with van der Waals surface area (Å²) in [5, 5.41) is 9.25. The van der Waals surface area contributed by atoms with Crippen LogP contribution in [0.3, 0.4) is 0 Å². The fraction of sp³-hybridized carbons (Fsp3) is 0.429. The molecule has 0 spiro atoms. The molecule has 1 N–H and O–H groups in total. The Bertz CT molecular complexity index is 496. The van der Waals surface area contributed by atoms with E-state index in [0.29, 0.717) is 19.3 Å². The van der Waals surface area contributed by atoms with Crippen molar-refractivity contribution in [2.45, 2.75) is 39.2 Å². The standard InChI is InChI=1S/C14H17NO3/c1-9-5-3-6-11(10(9)2)15-12(14(17)18)7-4-8-13(15)16/h3,5-6,12H,4,7-8H2,1-2H3,(H,17,18). The van der Waals surface area contributed by atoms with Crippen LogP contribution in [-0.4, -0.2) is 23.0 Å². The number of aryl methyl sites for hydroxylation is 1. The Kier molecular flexibility index (Phi) is 3.36. The lowest BCUT2D eigenvalue weighted by molar-refractivity contribution is -0.141. The lowest BCUT2D eigenvalue weighted by Crippen LogP contribution is -2.48. The quantitative estimate of drug-likeness (QED) is 0.872. The molecule has 1 atom stereocenters. The molecule has 1 aliphatic heterocycles. The third-order valence-electron chi connectivity index (χ3n) is 3.57. The maximum Gasteiger partial charge on any atom is 0.326 e. The highest BCUT2D eigenvalue weighted by atomic mass is 16.4. The summed E-state index contributed by atoms with van der Waals surface area (Å²) in [7, 11) is 0. The van der Waals surface area contributed by atoms with Gasteiger partial charge in [0.15, 0.2) is 0 Å². The zero-order valence-corrected chi connectivity index (χ0v) is 10.6. The van der Waals surface area contributed by atoms with Crippen LogP contribution >= 0.6 is 0 Å². The first kappa shape index (κ1) is 12.6. The molecule has 96 valence electrons. The van der Waals surface area contributed by atoms with Gasteiger partial charge in [0, 0.05) is 12.1 Å². The lowest BCUT2D eigenvalue weighted by Gasteiger charge is -2.34. The smallest absolute Gasteiger partial charge is 0.326 e. The highest BCUT2D eigenvalue weighted by Crippen LogP contribution is 2.30. The number of piperidine rings is 1. The number of hydrogen-bond donors (Lipinski definition) is 1. The summed E-state index contributed by atoms with van der Waals surface area (Å²) in [5.41, 5.74) is 2.76. The van der Waals surface area contributed by atoms with Gasteiger partial charge in [0.05, 0.1) is 0 Å². The third kappa shape index (κ3) is 2.10. The number of rotatable bonds is 2. The normalized spacial score (nSPS) is 20.0. The molecule has 1 aromatic carbocycles. The number of amides is 1. The molecule has 0 aliphatic carbocycles. The van der Waals surface area contributed by atoms with Gasteiger partial charge in [0.1, 0.15) is 6.04 Å². The summed E-state index contributed by atoms with van der Waals surface area (Å²) in [6.45, 7) is 3.88. The predicted octanol–water partition coefficient (Wildman–Crippen LogP) is 2.27. The minimum Gasteiger partial charge on any atom is -0.480 e. The number of carboxylic acid groups (broad SMARTS) is 1. The van der Waals surface area contributed by atoms with E-state index >= 15 is 0 Å².